The SMILES string of the molecule is CCOC(=O)c1cc(C)sc1NC(=O)CN1CCN(Cc2ccc(Cl)cc2Cl)CC1. The van der Waals surface area contributed by atoms with Crippen LogP contribution in [0.15, 0.2) is 24.3 Å². The molecule has 1 fully saturated rings. The number of hydrogen-bond acceptors (Lipinski definition) is 6. The van der Waals surface area contributed by atoms with Gasteiger partial charge >= 0.3 is 5.97 Å². The Labute approximate surface area is 190 Å². The number of ether oxygens (including phenoxy) is 1. The van der Waals surface area contributed by atoms with E-state index in [1.807, 2.05) is 19.1 Å². The maximum atomic E-state index is 12.5. The highest BCUT2D eigenvalue weighted by Crippen LogP contribution is 2.28. The van der Waals surface area contributed by atoms with Crippen LogP contribution in [0.5, 0.6) is 0 Å². The highest BCUT2D eigenvalue weighted by atomic mass is 35.5. The number of carbonyl (C=O) groups is 2. The van der Waals surface area contributed by atoms with Crippen molar-refractivity contribution in [3.05, 3.63) is 50.3 Å². The first-order valence-electron chi connectivity index (χ1n) is 9.81. The van der Waals surface area contributed by atoms with Gasteiger partial charge in [-0.05, 0) is 37.6 Å². The molecule has 0 saturated carbocycles. The van der Waals surface area contributed by atoms with Crippen LogP contribution >= 0.6 is 34.5 Å². The van der Waals surface area contributed by atoms with Gasteiger partial charge in [0.15, 0.2) is 0 Å². The van der Waals surface area contributed by atoms with Crippen molar-refractivity contribution in [2.75, 3.05) is 44.6 Å². The summed E-state index contributed by atoms with van der Waals surface area (Å²) in [6.07, 6.45) is 0. The lowest BCUT2D eigenvalue weighted by Crippen LogP contribution is -2.48. The standard InChI is InChI=1S/C21H25Cl2N3O3S/c1-3-29-21(28)17-10-14(2)30-20(17)24-19(27)13-26-8-6-25(7-9-26)12-15-4-5-16(22)11-18(15)23/h4-5,10-11H,3,6-9,12-13H2,1-2H3,(H,24,27). The van der Waals surface area contributed by atoms with E-state index < -0.39 is 5.97 Å². The molecule has 1 aliphatic heterocycles. The summed E-state index contributed by atoms with van der Waals surface area (Å²) < 4.78 is 5.07. The Kier molecular flexibility index (Phi) is 8.13. The summed E-state index contributed by atoms with van der Waals surface area (Å²) in [7, 11) is 0. The molecule has 2 aromatic rings. The van der Waals surface area contributed by atoms with Crippen LogP contribution in [0.25, 0.3) is 0 Å². The van der Waals surface area contributed by atoms with Crippen LogP contribution in [-0.4, -0.2) is 61.0 Å². The predicted octanol–water partition coefficient (Wildman–Crippen LogP) is 4.30. The Morgan fingerprint density at radius 3 is 2.50 bits per heavy atom. The number of thiophene rings is 1. The molecule has 1 N–H and O–H groups in total. The number of hydrogen-bond donors (Lipinski definition) is 1. The van der Waals surface area contributed by atoms with E-state index in [0.29, 0.717) is 27.2 Å². The smallest absolute Gasteiger partial charge is 0.341 e. The Hall–Kier alpha value is -1.64. The number of piperazine rings is 1. The molecule has 0 radical (unpaired) electrons. The third-order valence-electron chi connectivity index (χ3n) is 4.84. The number of aryl methyl sites for hydroxylation is 1. The van der Waals surface area contributed by atoms with Gasteiger partial charge in [-0.15, -0.1) is 11.3 Å². The Morgan fingerprint density at radius 1 is 1.13 bits per heavy atom. The zero-order valence-electron chi connectivity index (χ0n) is 17.0. The number of amides is 1. The number of halogens is 2. The molecular weight excluding hydrogens is 445 g/mol. The molecule has 162 valence electrons. The van der Waals surface area contributed by atoms with E-state index in [-0.39, 0.29) is 12.5 Å². The van der Waals surface area contributed by atoms with Crippen LogP contribution in [0.3, 0.4) is 0 Å². The van der Waals surface area contributed by atoms with Gasteiger partial charge in [0, 0.05) is 47.6 Å². The lowest BCUT2D eigenvalue weighted by atomic mass is 10.2. The average Bonchev–Trinajstić information content (AvgIpc) is 3.05. The molecule has 30 heavy (non-hydrogen) atoms. The van der Waals surface area contributed by atoms with E-state index in [4.69, 9.17) is 27.9 Å². The molecule has 0 bridgehead atoms. The fourth-order valence-corrected chi connectivity index (χ4v) is 4.72. The minimum absolute atomic E-state index is 0.128. The summed E-state index contributed by atoms with van der Waals surface area (Å²) in [6.45, 7) is 8.26. The van der Waals surface area contributed by atoms with E-state index in [1.54, 1.807) is 19.1 Å². The van der Waals surface area contributed by atoms with Crippen LogP contribution < -0.4 is 5.32 Å². The summed E-state index contributed by atoms with van der Waals surface area (Å²) >= 11 is 13.6. The number of nitrogens with one attached hydrogen (secondary N) is 1. The Balaban J connectivity index is 1.49. The topological polar surface area (TPSA) is 61.9 Å². The fourth-order valence-electron chi connectivity index (χ4n) is 3.33. The quantitative estimate of drug-likeness (QED) is 0.612. The molecule has 2 heterocycles. The molecule has 3 rings (SSSR count). The summed E-state index contributed by atoms with van der Waals surface area (Å²) in [4.78, 5) is 30.0. The molecule has 0 aliphatic carbocycles. The normalized spacial score (nSPS) is 15.2. The van der Waals surface area contributed by atoms with Gasteiger partial charge in [-0.25, -0.2) is 4.79 Å². The van der Waals surface area contributed by atoms with E-state index >= 15 is 0 Å². The van der Waals surface area contributed by atoms with Crippen LogP contribution in [0, 0.1) is 6.92 Å². The van der Waals surface area contributed by atoms with Gasteiger partial charge in [0.25, 0.3) is 0 Å². The molecule has 0 unspecified atom stereocenters. The molecule has 1 aliphatic rings. The number of rotatable bonds is 7. The zero-order chi connectivity index (χ0) is 21.7. The monoisotopic (exact) mass is 469 g/mol. The van der Waals surface area contributed by atoms with E-state index in [2.05, 4.69) is 15.1 Å². The van der Waals surface area contributed by atoms with Gasteiger partial charge in [0.2, 0.25) is 5.91 Å². The van der Waals surface area contributed by atoms with Gasteiger partial charge in [0.1, 0.15) is 5.00 Å². The van der Waals surface area contributed by atoms with Crippen LogP contribution in [0.4, 0.5) is 5.00 Å². The largest absolute Gasteiger partial charge is 0.462 e. The second-order valence-corrected chi connectivity index (χ2v) is 9.26. The Morgan fingerprint density at radius 2 is 1.83 bits per heavy atom. The van der Waals surface area contributed by atoms with Crippen molar-refractivity contribution in [3.8, 4) is 0 Å². The van der Waals surface area contributed by atoms with Crippen molar-refractivity contribution in [3.63, 3.8) is 0 Å². The van der Waals surface area contributed by atoms with E-state index in [1.165, 1.54) is 11.3 Å². The van der Waals surface area contributed by atoms with Gasteiger partial charge in [0.05, 0.1) is 18.7 Å². The first-order valence-corrected chi connectivity index (χ1v) is 11.4. The van der Waals surface area contributed by atoms with Crippen molar-refractivity contribution >= 4 is 51.4 Å². The zero-order valence-corrected chi connectivity index (χ0v) is 19.4. The van der Waals surface area contributed by atoms with Gasteiger partial charge in [-0.3, -0.25) is 14.6 Å². The van der Waals surface area contributed by atoms with Gasteiger partial charge in [-0.2, -0.15) is 0 Å². The predicted molar refractivity (Wildman–Crippen MR) is 122 cm³/mol. The maximum Gasteiger partial charge on any atom is 0.341 e. The Bertz CT molecular complexity index is 911. The first kappa shape index (κ1) is 23.0. The van der Waals surface area contributed by atoms with Gasteiger partial charge < -0.3 is 10.1 Å². The molecule has 1 saturated heterocycles. The minimum atomic E-state index is -0.411. The second-order valence-electron chi connectivity index (χ2n) is 7.16. The molecule has 0 atom stereocenters. The molecule has 6 nitrogen and oxygen atoms in total. The van der Waals surface area contributed by atoms with Crippen molar-refractivity contribution in [1.29, 1.82) is 0 Å². The summed E-state index contributed by atoms with van der Waals surface area (Å²) in [5.41, 5.74) is 1.46. The average molecular weight is 470 g/mol. The first-order chi connectivity index (χ1) is 14.4. The third-order valence-corrected chi connectivity index (χ3v) is 6.40. The lowest BCUT2D eigenvalue weighted by Gasteiger charge is -2.34. The number of esters is 1. The van der Waals surface area contributed by atoms with Crippen LogP contribution in [-0.2, 0) is 16.1 Å². The molecule has 9 heteroatoms. The minimum Gasteiger partial charge on any atom is -0.462 e. The second kappa shape index (κ2) is 10.6. The number of carbonyl (C=O) groups excluding carboxylic acids is 2. The van der Waals surface area contributed by atoms with Crippen molar-refractivity contribution in [2.45, 2.75) is 20.4 Å². The highest BCUT2D eigenvalue weighted by Gasteiger charge is 2.22. The van der Waals surface area contributed by atoms with Crippen molar-refractivity contribution in [1.82, 2.24) is 9.80 Å². The summed E-state index contributed by atoms with van der Waals surface area (Å²) in [5.74, 6) is -0.539. The van der Waals surface area contributed by atoms with E-state index in [9.17, 15) is 9.59 Å². The lowest BCUT2D eigenvalue weighted by molar-refractivity contribution is -0.117. The number of benzene rings is 1. The van der Waals surface area contributed by atoms with Crippen LogP contribution in [0.1, 0.15) is 27.7 Å². The maximum absolute atomic E-state index is 12.5. The molecule has 1 aromatic carbocycles. The van der Waals surface area contributed by atoms with E-state index in [0.717, 1.165) is 43.2 Å². The highest BCUT2D eigenvalue weighted by molar-refractivity contribution is 7.16. The van der Waals surface area contributed by atoms with Gasteiger partial charge in [-0.1, -0.05) is 29.3 Å². The number of anilines is 1. The van der Waals surface area contributed by atoms with Crippen LogP contribution in [0.2, 0.25) is 10.0 Å². The molecular formula is C21H25Cl2N3O3S. The summed E-state index contributed by atoms with van der Waals surface area (Å²) in [6, 6.07) is 7.31. The van der Waals surface area contributed by atoms with Crippen molar-refractivity contribution < 1.29 is 14.3 Å². The summed E-state index contributed by atoms with van der Waals surface area (Å²) in [5, 5.41) is 4.73. The number of nitrogens with zero attached hydrogens (tertiary/aromatic N) is 2. The molecule has 1 aromatic heterocycles. The molecule has 1 amide bonds. The molecule has 0 spiro atoms. The fraction of sp³-hybridized carbons (Fsp3) is 0.429. The third kappa shape index (κ3) is 6.18. The van der Waals surface area contributed by atoms with Crippen molar-refractivity contribution in [2.24, 2.45) is 0 Å².